The van der Waals surface area contributed by atoms with E-state index in [-0.39, 0.29) is 11.7 Å². The van der Waals surface area contributed by atoms with Crippen molar-refractivity contribution in [3.63, 3.8) is 0 Å². The second-order valence-corrected chi connectivity index (χ2v) is 7.91. The average Bonchev–Trinajstić information content (AvgIpc) is 2.90. The summed E-state index contributed by atoms with van der Waals surface area (Å²) in [5.74, 6) is 0.0670. The minimum atomic E-state index is -0.843. The lowest BCUT2D eigenvalue weighted by molar-refractivity contribution is -0.125. The van der Waals surface area contributed by atoms with Gasteiger partial charge in [-0.15, -0.1) is 11.8 Å². The zero-order valence-electron chi connectivity index (χ0n) is 13.3. The van der Waals surface area contributed by atoms with Crippen molar-refractivity contribution in [3.05, 3.63) is 64.1 Å². The van der Waals surface area contributed by atoms with E-state index in [2.05, 4.69) is 21.2 Å². The van der Waals surface area contributed by atoms with Crippen molar-refractivity contribution in [1.82, 2.24) is 0 Å². The molecule has 126 valence electrons. The van der Waals surface area contributed by atoms with Crippen LogP contribution in [0.4, 0.5) is 5.69 Å². The quantitative estimate of drug-likeness (QED) is 0.800. The number of benzene rings is 2. The first-order valence-corrected chi connectivity index (χ1v) is 9.46. The molecule has 0 aromatic heterocycles. The Morgan fingerprint density at radius 2 is 1.80 bits per heavy atom. The van der Waals surface area contributed by atoms with Gasteiger partial charge in [0.1, 0.15) is 15.5 Å². The van der Waals surface area contributed by atoms with Gasteiger partial charge in [0.05, 0.1) is 5.69 Å². The molecule has 25 heavy (non-hydrogen) atoms. The number of carbonyl (C=O) groups is 2. The number of Topliss-reactive ketones (excluding diaryl/α,β-unsaturated/α-hetero) is 1. The van der Waals surface area contributed by atoms with Gasteiger partial charge in [-0.2, -0.15) is 0 Å². The molecule has 0 saturated carbocycles. The standard InChI is InChI=1S/C19H14BrNO3S/c1-10-6-8-11(9-7-10)16-14(20)15(22)17(24-16)18-19(23)21-12-4-2-3-5-13(12)25-18/h2-9,17-18H,1H3,(H,21,23). The molecule has 6 heteroatoms. The van der Waals surface area contributed by atoms with Gasteiger partial charge in [-0.1, -0.05) is 42.0 Å². The first-order valence-electron chi connectivity index (χ1n) is 7.79. The molecule has 1 N–H and O–H groups in total. The Morgan fingerprint density at radius 1 is 1.08 bits per heavy atom. The topological polar surface area (TPSA) is 55.4 Å². The van der Waals surface area contributed by atoms with Gasteiger partial charge in [-0.05, 0) is 35.0 Å². The van der Waals surface area contributed by atoms with Crippen LogP contribution >= 0.6 is 27.7 Å². The maximum absolute atomic E-state index is 12.7. The summed E-state index contributed by atoms with van der Waals surface area (Å²) in [6, 6.07) is 15.3. The normalized spacial score (nSPS) is 22.5. The van der Waals surface area contributed by atoms with Crippen molar-refractivity contribution < 1.29 is 14.3 Å². The largest absolute Gasteiger partial charge is 0.479 e. The highest BCUT2D eigenvalue weighted by atomic mass is 79.9. The molecule has 0 saturated heterocycles. The number of amides is 1. The smallest absolute Gasteiger partial charge is 0.242 e. The van der Waals surface area contributed by atoms with Crippen LogP contribution in [0.5, 0.6) is 0 Å². The van der Waals surface area contributed by atoms with Gasteiger partial charge in [0, 0.05) is 10.5 Å². The van der Waals surface area contributed by atoms with E-state index in [1.807, 2.05) is 55.5 Å². The van der Waals surface area contributed by atoms with Crippen LogP contribution in [0, 0.1) is 6.92 Å². The van der Waals surface area contributed by atoms with Gasteiger partial charge in [0.2, 0.25) is 11.7 Å². The molecule has 0 fully saturated rings. The summed E-state index contributed by atoms with van der Waals surface area (Å²) in [5.41, 5.74) is 2.71. The number of carbonyl (C=O) groups excluding carboxylic acids is 2. The number of fused-ring (bicyclic) bond motifs is 1. The molecule has 1 amide bonds. The number of ether oxygens (including phenoxy) is 1. The molecule has 2 unspecified atom stereocenters. The van der Waals surface area contributed by atoms with Gasteiger partial charge >= 0.3 is 0 Å². The second kappa shape index (κ2) is 6.35. The molecular weight excluding hydrogens is 402 g/mol. The summed E-state index contributed by atoms with van der Waals surface area (Å²) in [4.78, 5) is 26.1. The minimum absolute atomic E-state index is 0.206. The monoisotopic (exact) mass is 415 g/mol. The van der Waals surface area contributed by atoms with Crippen LogP contribution in [0.25, 0.3) is 5.76 Å². The van der Waals surface area contributed by atoms with Crippen LogP contribution in [0.15, 0.2) is 57.9 Å². The molecule has 0 spiro atoms. The van der Waals surface area contributed by atoms with Crippen LogP contribution < -0.4 is 5.32 Å². The summed E-state index contributed by atoms with van der Waals surface area (Å²) in [6.45, 7) is 2.00. The first kappa shape index (κ1) is 16.4. The van der Waals surface area contributed by atoms with E-state index in [0.717, 1.165) is 21.7 Å². The number of hydrogen-bond donors (Lipinski definition) is 1. The number of hydrogen-bond acceptors (Lipinski definition) is 4. The van der Waals surface area contributed by atoms with Gasteiger partial charge in [-0.3, -0.25) is 9.59 Å². The molecule has 2 aliphatic rings. The molecule has 2 heterocycles. The molecule has 4 nitrogen and oxygen atoms in total. The highest BCUT2D eigenvalue weighted by Gasteiger charge is 2.45. The molecule has 2 aromatic rings. The Morgan fingerprint density at radius 3 is 2.56 bits per heavy atom. The summed E-state index contributed by atoms with van der Waals surface area (Å²) >= 11 is 4.71. The summed E-state index contributed by atoms with van der Waals surface area (Å²) in [5, 5.41) is 2.23. The fourth-order valence-electron chi connectivity index (χ4n) is 2.83. The fraction of sp³-hybridized carbons (Fsp3) is 0.158. The van der Waals surface area contributed by atoms with Crippen LogP contribution in [-0.4, -0.2) is 23.0 Å². The zero-order chi connectivity index (χ0) is 17.6. The molecule has 0 aliphatic carbocycles. The molecule has 2 aliphatic heterocycles. The third-order valence-electron chi connectivity index (χ3n) is 4.16. The first-order chi connectivity index (χ1) is 12.0. The number of ketones is 1. The number of thioether (sulfide) groups is 1. The minimum Gasteiger partial charge on any atom is -0.479 e. The molecular formula is C19H14BrNO3S. The second-order valence-electron chi connectivity index (χ2n) is 5.94. The Balaban J connectivity index is 1.62. The molecule has 0 bridgehead atoms. The van der Waals surface area contributed by atoms with E-state index in [1.165, 1.54) is 11.8 Å². The predicted octanol–water partition coefficient (Wildman–Crippen LogP) is 4.14. The average molecular weight is 416 g/mol. The molecule has 0 radical (unpaired) electrons. The van der Waals surface area contributed by atoms with E-state index in [1.54, 1.807) is 0 Å². The number of anilines is 1. The lowest BCUT2D eigenvalue weighted by atomic mass is 10.1. The van der Waals surface area contributed by atoms with Gasteiger partial charge in [0.15, 0.2) is 6.10 Å². The van der Waals surface area contributed by atoms with Gasteiger partial charge < -0.3 is 10.1 Å². The maximum atomic E-state index is 12.7. The highest BCUT2D eigenvalue weighted by Crippen LogP contribution is 2.42. The van der Waals surface area contributed by atoms with E-state index >= 15 is 0 Å². The van der Waals surface area contributed by atoms with Crippen molar-refractivity contribution in [2.75, 3.05) is 5.32 Å². The third kappa shape index (κ3) is 2.89. The number of aryl methyl sites for hydroxylation is 1. The van der Waals surface area contributed by atoms with E-state index in [4.69, 9.17) is 4.74 Å². The summed E-state index contributed by atoms with van der Waals surface area (Å²) in [6.07, 6.45) is -0.843. The van der Waals surface area contributed by atoms with Crippen molar-refractivity contribution in [2.24, 2.45) is 0 Å². The number of para-hydroxylation sites is 1. The van der Waals surface area contributed by atoms with E-state index < -0.39 is 11.4 Å². The van der Waals surface area contributed by atoms with Gasteiger partial charge in [-0.25, -0.2) is 0 Å². The SMILES string of the molecule is Cc1ccc(C2=C(Br)C(=O)C(C3Sc4ccccc4NC3=O)O2)cc1. The molecule has 4 rings (SSSR count). The summed E-state index contributed by atoms with van der Waals surface area (Å²) in [7, 11) is 0. The van der Waals surface area contributed by atoms with E-state index in [9.17, 15) is 9.59 Å². The lowest BCUT2D eigenvalue weighted by Crippen LogP contribution is -2.41. The van der Waals surface area contributed by atoms with Crippen LogP contribution in [0.2, 0.25) is 0 Å². The third-order valence-corrected chi connectivity index (χ3v) is 6.24. The fourth-order valence-corrected chi connectivity index (χ4v) is 4.53. The summed E-state index contributed by atoms with van der Waals surface area (Å²) < 4.78 is 6.32. The van der Waals surface area contributed by atoms with E-state index in [0.29, 0.717) is 10.2 Å². The molecule has 2 aromatic carbocycles. The van der Waals surface area contributed by atoms with Crippen molar-refractivity contribution in [1.29, 1.82) is 0 Å². The Hall–Kier alpha value is -2.05. The van der Waals surface area contributed by atoms with Gasteiger partial charge in [0.25, 0.3) is 0 Å². The van der Waals surface area contributed by atoms with Crippen molar-refractivity contribution >= 4 is 50.8 Å². The number of nitrogens with one attached hydrogen (secondary N) is 1. The Labute approximate surface area is 157 Å². The number of rotatable bonds is 2. The van der Waals surface area contributed by atoms with Crippen LogP contribution in [-0.2, 0) is 14.3 Å². The predicted molar refractivity (Wildman–Crippen MR) is 102 cm³/mol. The van der Waals surface area contributed by atoms with Crippen LogP contribution in [0.3, 0.4) is 0 Å². The van der Waals surface area contributed by atoms with Crippen molar-refractivity contribution in [2.45, 2.75) is 23.2 Å². The highest BCUT2D eigenvalue weighted by molar-refractivity contribution is 9.12. The zero-order valence-corrected chi connectivity index (χ0v) is 15.7. The lowest BCUT2D eigenvalue weighted by Gasteiger charge is -2.27. The van der Waals surface area contributed by atoms with Crippen molar-refractivity contribution in [3.8, 4) is 0 Å². The Bertz CT molecular complexity index is 907. The number of halogens is 1. The molecule has 2 atom stereocenters. The maximum Gasteiger partial charge on any atom is 0.242 e. The van der Waals surface area contributed by atoms with Crippen LogP contribution in [0.1, 0.15) is 11.1 Å². The Kier molecular flexibility index (Phi) is 4.17.